The molecule has 0 radical (unpaired) electrons. The van der Waals surface area contributed by atoms with Crippen LogP contribution in [0.5, 0.6) is 0 Å². The molecule has 0 spiro atoms. The number of carbonyl (C=O) groups is 1. The number of rotatable bonds is 6. The van der Waals surface area contributed by atoms with Gasteiger partial charge in [0.05, 0.1) is 11.3 Å². The van der Waals surface area contributed by atoms with Gasteiger partial charge in [0.2, 0.25) is 5.95 Å². The Balaban J connectivity index is 0.000000755. The van der Waals surface area contributed by atoms with Gasteiger partial charge in [0.1, 0.15) is 11.7 Å². The highest BCUT2D eigenvalue weighted by atomic mass is 32.1. The average molecular weight is 406 g/mol. The molecule has 0 bridgehead atoms. The lowest BCUT2D eigenvalue weighted by Gasteiger charge is -2.10. The minimum atomic E-state index is -0.250. The molecule has 0 aromatic carbocycles. The van der Waals surface area contributed by atoms with Crippen LogP contribution in [0.25, 0.3) is 16.9 Å². The lowest BCUT2D eigenvalue weighted by molar-refractivity contribution is -0.122. The summed E-state index contributed by atoms with van der Waals surface area (Å²) in [7, 11) is 0. The third kappa shape index (κ3) is 5.15. The zero-order valence-electron chi connectivity index (χ0n) is 15.4. The van der Waals surface area contributed by atoms with Crippen molar-refractivity contribution in [3.63, 3.8) is 0 Å². The summed E-state index contributed by atoms with van der Waals surface area (Å²) in [6, 6.07) is 9.85. The Hall–Kier alpha value is -3.77. The number of pyridine rings is 1. The molecule has 0 saturated carbocycles. The van der Waals surface area contributed by atoms with E-state index in [1.807, 2.05) is 28.1 Å². The van der Waals surface area contributed by atoms with Crippen molar-refractivity contribution in [1.29, 1.82) is 5.26 Å². The van der Waals surface area contributed by atoms with Crippen LogP contribution in [-0.4, -0.2) is 37.5 Å². The molecule has 0 unspecified atom stereocenters. The summed E-state index contributed by atoms with van der Waals surface area (Å²) < 4.78 is 1.95. The fraction of sp³-hybridized carbons (Fsp3) is 0.150. The molecule has 0 atom stereocenters. The van der Waals surface area contributed by atoms with Gasteiger partial charge >= 0.3 is 0 Å². The fourth-order valence-corrected chi connectivity index (χ4v) is 3.36. The molecule has 4 rings (SSSR count). The Morgan fingerprint density at radius 2 is 2.17 bits per heavy atom. The number of thiophene rings is 1. The summed E-state index contributed by atoms with van der Waals surface area (Å²) in [5, 5.41) is 23.2. The molecule has 0 saturated heterocycles. The largest absolute Gasteiger partial charge is 0.483 e. The van der Waals surface area contributed by atoms with Gasteiger partial charge in [0.25, 0.3) is 6.47 Å². The molecule has 29 heavy (non-hydrogen) atoms. The highest BCUT2D eigenvalue weighted by Crippen LogP contribution is 2.23. The first-order valence-corrected chi connectivity index (χ1v) is 9.73. The Labute approximate surface area is 171 Å². The Morgan fingerprint density at radius 1 is 1.31 bits per heavy atom. The van der Waals surface area contributed by atoms with E-state index in [4.69, 9.17) is 20.1 Å². The average Bonchev–Trinajstić information content (AvgIpc) is 3.44. The minimum absolute atomic E-state index is 0.250. The Morgan fingerprint density at radius 3 is 2.86 bits per heavy atom. The summed E-state index contributed by atoms with van der Waals surface area (Å²) in [6.07, 6.45) is 7.06. The van der Waals surface area contributed by atoms with Gasteiger partial charge in [-0.05, 0) is 36.4 Å². The van der Waals surface area contributed by atoms with Crippen LogP contribution in [0.15, 0.2) is 53.6 Å². The molecule has 2 N–H and O–H groups in total. The van der Waals surface area contributed by atoms with Crippen molar-refractivity contribution >= 4 is 29.4 Å². The number of nitrogens with one attached hydrogen (secondary N) is 1. The number of aryl methyl sites for hydroxylation is 1. The number of imidazole rings is 1. The van der Waals surface area contributed by atoms with Gasteiger partial charge in [-0.15, -0.1) is 0 Å². The predicted octanol–water partition coefficient (Wildman–Crippen LogP) is 3.47. The van der Waals surface area contributed by atoms with Gasteiger partial charge < -0.3 is 10.4 Å². The standard InChI is InChI=1S/C19H16N6S.CH2O2/c20-11-14-3-4-16(23-12-14)2-1-6-22-19-24-17(15-5-9-26-13-15)10-18-21-7-8-25(18)19;2-1-3/h3-5,7-10,12-13H,1-2,6H2,(H,22,24);1H,(H,2,3). The van der Waals surface area contributed by atoms with Crippen LogP contribution in [-0.2, 0) is 11.2 Å². The van der Waals surface area contributed by atoms with Crippen LogP contribution in [0.4, 0.5) is 5.95 Å². The van der Waals surface area contributed by atoms with Crippen molar-refractivity contribution in [3.8, 4) is 17.3 Å². The highest BCUT2D eigenvalue weighted by molar-refractivity contribution is 7.08. The van der Waals surface area contributed by atoms with Crippen LogP contribution in [0.2, 0.25) is 0 Å². The summed E-state index contributed by atoms with van der Waals surface area (Å²) in [4.78, 5) is 21.8. The van der Waals surface area contributed by atoms with Crippen LogP contribution >= 0.6 is 11.3 Å². The number of hydrogen-bond acceptors (Lipinski definition) is 7. The summed E-state index contributed by atoms with van der Waals surface area (Å²) >= 11 is 1.65. The van der Waals surface area contributed by atoms with Gasteiger partial charge in [-0.25, -0.2) is 9.97 Å². The summed E-state index contributed by atoms with van der Waals surface area (Å²) in [6.45, 7) is 0.523. The number of nitrogens with zero attached hydrogens (tertiary/aromatic N) is 5. The molecule has 9 heteroatoms. The van der Waals surface area contributed by atoms with Crippen LogP contribution in [0.3, 0.4) is 0 Å². The number of fused-ring (bicyclic) bond motifs is 1. The molecule has 8 nitrogen and oxygen atoms in total. The van der Waals surface area contributed by atoms with Crippen molar-refractivity contribution in [2.45, 2.75) is 12.8 Å². The van der Waals surface area contributed by atoms with E-state index in [1.54, 1.807) is 29.8 Å². The van der Waals surface area contributed by atoms with Crippen molar-refractivity contribution in [2.75, 3.05) is 11.9 Å². The first kappa shape index (κ1) is 20.0. The lowest BCUT2D eigenvalue weighted by Crippen LogP contribution is -2.09. The van der Waals surface area contributed by atoms with E-state index in [0.717, 1.165) is 47.9 Å². The fourth-order valence-electron chi connectivity index (χ4n) is 2.71. The first-order chi connectivity index (χ1) is 14.2. The topological polar surface area (TPSA) is 116 Å². The minimum Gasteiger partial charge on any atom is -0.483 e. The van der Waals surface area contributed by atoms with Crippen LogP contribution < -0.4 is 5.32 Å². The third-order valence-corrected chi connectivity index (χ3v) is 4.74. The molecule has 4 heterocycles. The number of hydrogen-bond donors (Lipinski definition) is 2. The number of nitriles is 1. The van der Waals surface area contributed by atoms with E-state index < -0.39 is 0 Å². The highest BCUT2D eigenvalue weighted by Gasteiger charge is 2.08. The number of carboxylic acid groups (broad SMARTS) is 1. The van der Waals surface area contributed by atoms with Gasteiger partial charge in [-0.2, -0.15) is 16.6 Å². The molecule has 0 amide bonds. The number of aromatic nitrogens is 4. The molecule has 146 valence electrons. The SMILES string of the molecule is N#Cc1ccc(CCCNc2nc(-c3ccsc3)cc3nccn23)nc1.O=CO. The molecule has 0 aliphatic carbocycles. The second-order valence-electron chi connectivity index (χ2n) is 5.92. The van der Waals surface area contributed by atoms with Gasteiger partial charge in [-0.1, -0.05) is 0 Å². The first-order valence-electron chi connectivity index (χ1n) is 8.78. The van der Waals surface area contributed by atoms with Crippen molar-refractivity contribution in [1.82, 2.24) is 19.4 Å². The van der Waals surface area contributed by atoms with E-state index in [2.05, 4.69) is 32.8 Å². The Kier molecular flexibility index (Phi) is 6.86. The normalized spacial score (nSPS) is 10.0. The molecule has 0 aliphatic heterocycles. The molecular formula is C20H18N6O2S. The summed E-state index contributed by atoms with van der Waals surface area (Å²) in [5.74, 6) is 0.786. The summed E-state index contributed by atoms with van der Waals surface area (Å²) in [5.41, 5.74) is 4.46. The molecule has 0 fully saturated rings. The van der Waals surface area contributed by atoms with Crippen molar-refractivity contribution in [3.05, 3.63) is 64.9 Å². The van der Waals surface area contributed by atoms with Crippen LogP contribution in [0.1, 0.15) is 17.7 Å². The maximum Gasteiger partial charge on any atom is 0.290 e. The van der Waals surface area contributed by atoms with E-state index in [-0.39, 0.29) is 6.47 Å². The van der Waals surface area contributed by atoms with Crippen molar-refractivity contribution < 1.29 is 9.90 Å². The zero-order chi connectivity index (χ0) is 20.5. The quantitative estimate of drug-likeness (QED) is 0.372. The van der Waals surface area contributed by atoms with Gasteiger partial charge in [-0.3, -0.25) is 14.2 Å². The molecule has 4 aromatic rings. The maximum absolute atomic E-state index is 8.81. The second kappa shape index (κ2) is 9.96. The monoisotopic (exact) mass is 406 g/mol. The Bertz CT molecular complexity index is 1100. The van der Waals surface area contributed by atoms with E-state index in [9.17, 15) is 0 Å². The number of anilines is 1. The predicted molar refractivity (Wildman–Crippen MR) is 111 cm³/mol. The molecular weight excluding hydrogens is 388 g/mol. The maximum atomic E-state index is 8.81. The molecule has 0 aliphatic rings. The van der Waals surface area contributed by atoms with E-state index >= 15 is 0 Å². The van der Waals surface area contributed by atoms with Gasteiger partial charge in [0, 0.05) is 47.8 Å². The van der Waals surface area contributed by atoms with E-state index in [1.165, 1.54) is 0 Å². The zero-order valence-corrected chi connectivity index (χ0v) is 16.2. The second-order valence-corrected chi connectivity index (χ2v) is 6.70. The van der Waals surface area contributed by atoms with Crippen LogP contribution in [0, 0.1) is 11.3 Å². The lowest BCUT2D eigenvalue weighted by atomic mass is 10.2. The third-order valence-electron chi connectivity index (χ3n) is 4.05. The van der Waals surface area contributed by atoms with E-state index in [0.29, 0.717) is 5.56 Å². The van der Waals surface area contributed by atoms with Gasteiger partial charge in [0.15, 0.2) is 0 Å². The smallest absolute Gasteiger partial charge is 0.290 e. The van der Waals surface area contributed by atoms with Crippen molar-refractivity contribution in [2.24, 2.45) is 0 Å². The molecule has 4 aromatic heterocycles.